The lowest BCUT2D eigenvalue weighted by molar-refractivity contribution is 0.192. The second kappa shape index (κ2) is 3.44. The van der Waals surface area contributed by atoms with Crippen molar-refractivity contribution in [2.45, 2.75) is 31.2 Å². The molecule has 0 saturated carbocycles. The van der Waals surface area contributed by atoms with Gasteiger partial charge >= 0.3 is 0 Å². The van der Waals surface area contributed by atoms with Crippen LogP contribution in [0.4, 0.5) is 0 Å². The van der Waals surface area contributed by atoms with E-state index in [0.29, 0.717) is 0 Å². The maximum absolute atomic E-state index is 8.77. The lowest BCUT2D eigenvalue weighted by atomic mass is 10.2. The Morgan fingerprint density at radius 2 is 2.14 bits per heavy atom. The summed E-state index contributed by atoms with van der Waals surface area (Å²) in [5.41, 5.74) is 0. The summed E-state index contributed by atoms with van der Waals surface area (Å²) in [7, 11) is 0. The van der Waals surface area contributed by atoms with Gasteiger partial charge in [0.2, 0.25) is 0 Å². The Morgan fingerprint density at radius 1 is 1.71 bits per heavy atom. The first-order valence-corrected chi connectivity index (χ1v) is 3.42. The van der Waals surface area contributed by atoms with Crippen LogP contribution in [0.15, 0.2) is 0 Å². The Bertz CT molecular complexity index is 45.3. The summed E-state index contributed by atoms with van der Waals surface area (Å²) < 4.78 is 0. The molecule has 1 nitrogen and oxygen atoms in total. The van der Waals surface area contributed by atoms with Crippen molar-refractivity contribution < 1.29 is 5.11 Å². The molecule has 0 spiro atoms. The van der Waals surface area contributed by atoms with Crippen LogP contribution in [0.1, 0.15) is 20.3 Å². The molecule has 0 fully saturated rings. The first-order valence-electron chi connectivity index (χ1n) is 2.50. The fourth-order valence-electron chi connectivity index (χ4n) is 0.341. The summed E-state index contributed by atoms with van der Waals surface area (Å²) in [6, 6.07) is 0. The van der Waals surface area contributed by atoms with Gasteiger partial charge in [0.25, 0.3) is 0 Å². The Balaban J connectivity index is 3.14. The van der Waals surface area contributed by atoms with Crippen LogP contribution in [0.5, 0.6) is 0 Å². The highest BCUT2D eigenvalue weighted by molar-refractivity contribution is 9.09. The minimum absolute atomic E-state index is 0.218. The molecule has 0 aliphatic heterocycles. The van der Waals surface area contributed by atoms with Crippen molar-refractivity contribution in [3.05, 3.63) is 0 Å². The minimum Gasteiger partial charge on any atom is -0.392 e. The third-order valence-corrected chi connectivity index (χ3v) is 2.33. The van der Waals surface area contributed by atoms with Crippen molar-refractivity contribution in [1.82, 2.24) is 0 Å². The molecule has 2 heteroatoms. The average Bonchev–Trinajstić information content (AvgIpc) is 1.65. The first-order chi connectivity index (χ1) is 3.18. The van der Waals surface area contributed by atoms with Crippen molar-refractivity contribution in [1.29, 1.82) is 0 Å². The van der Waals surface area contributed by atoms with Crippen molar-refractivity contribution in [3.63, 3.8) is 0 Å². The van der Waals surface area contributed by atoms with E-state index >= 15 is 0 Å². The van der Waals surface area contributed by atoms with E-state index in [1.807, 2.05) is 6.92 Å². The van der Waals surface area contributed by atoms with Gasteiger partial charge in [-0.05, 0) is 13.3 Å². The lowest BCUT2D eigenvalue weighted by Crippen LogP contribution is -2.13. The molecular formula is C5H11BrO. The second-order valence-corrected chi connectivity index (χ2v) is 2.84. The SMILES string of the molecule is CC[C@@H](Br)[C@H](C)O. The van der Waals surface area contributed by atoms with E-state index in [4.69, 9.17) is 5.11 Å². The maximum Gasteiger partial charge on any atom is 0.0636 e. The van der Waals surface area contributed by atoms with E-state index in [0.717, 1.165) is 6.42 Å². The van der Waals surface area contributed by atoms with Gasteiger partial charge in [-0.2, -0.15) is 0 Å². The molecule has 0 amide bonds. The molecule has 0 radical (unpaired) electrons. The van der Waals surface area contributed by atoms with Crippen molar-refractivity contribution in [2.24, 2.45) is 0 Å². The summed E-state index contributed by atoms with van der Waals surface area (Å²) >= 11 is 3.29. The maximum atomic E-state index is 8.77. The smallest absolute Gasteiger partial charge is 0.0636 e. The standard InChI is InChI=1S/C5H11BrO/c1-3-5(6)4(2)7/h4-5,7H,3H2,1-2H3/t4-,5+/m0/s1. The molecule has 0 aliphatic rings. The van der Waals surface area contributed by atoms with Gasteiger partial charge in [-0.25, -0.2) is 0 Å². The van der Waals surface area contributed by atoms with E-state index in [1.165, 1.54) is 0 Å². The Labute approximate surface area is 52.9 Å². The average molecular weight is 167 g/mol. The molecule has 0 aromatic carbocycles. The normalized spacial score (nSPS) is 18.9. The van der Waals surface area contributed by atoms with E-state index < -0.39 is 0 Å². The second-order valence-electron chi connectivity index (χ2n) is 1.66. The highest BCUT2D eigenvalue weighted by Gasteiger charge is 2.05. The summed E-state index contributed by atoms with van der Waals surface area (Å²) in [4.78, 5) is 0.271. The molecule has 0 aromatic heterocycles. The van der Waals surface area contributed by atoms with Crippen LogP contribution in [0, 0.1) is 0 Å². The van der Waals surface area contributed by atoms with Crippen LogP contribution >= 0.6 is 15.9 Å². The molecule has 44 valence electrons. The fourth-order valence-corrected chi connectivity index (χ4v) is 0.341. The van der Waals surface area contributed by atoms with Gasteiger partial charge in [0.05, 0.1) is 6.10 Å². The number of alkyl halides is 1. The zero-order chi connectivity index (χ0) is 5.86. The van der Waals surface area contributed by atoms with Crippen molar-refractivity contribution in [3.8, 4) is 0 Å². The number of aliphatic hydroxyl groups excluding tert-OH is 1. The zero-order valence-corrected chi connectivity index (χ0v) is 6.27. The number of hydrogen-bond donors (Lipinski definition) is 1. The van der Waals surface area contributed by atoms with Gasteiger partial charge in [-0.3, -0.25) is 0 Å². The predicted molar refractivity (Wildman–Crippen MR) is 34.7 cm³/mol. The van der Waals surface area contributed by atoms with Gasteiger partial charge in [0, 0.05) is 4.83 Å². The molecule has 0 heterocycles. The highest BCUT2D eigenvalue weighted by atomic mass is 79.9. The molecule has 0 bridgehead atoms. The van der Waals surface area contributed by atoms with E-state index in [2.05, 4.69) is 15.9 Å². The number of rotatable bonds is 2. The summed E-state index contributed by atoms with van der Waals surface area (Å²) in [5, 5.41) is 8.77. The van der Waals surface area contributed by atoms with E-state index in [9.17, 15) is 0 Å². The predicted octanol–water partition coefficient (Wildman–Crippen LogP) is 1.54. The summed E-state index contributed by atoms with van der Waals surface area (Å²) in [5.74, 6) is 0. The van der Waals surface area contributed by atoms with Gasteiger partial charge in [0.1, 0.15) is 0 Å². The van der Waals surface area contributed by atoms with Crippen LogP contribution in [0.2, 0.25) is 0 Å². The monoisotopic (exact) mass is 166 g/mol. The largest absolute Gasteiger partial charge is 0.392 e. The van der Waals surface area contributed by atoms with Crippen LogP contribution in [-0.2, 0) is 0 Å². The minimum atomic E-state index is -0.218. The van der Waals surface area contributed by atoms with Gasteiger partial charge in [-0.15, -0.1) is 0 Å². The van der Waals surface area contributed by atoms with E-state index in [1.54, 1.807) is 6.92 Å². The van der Waals surface area contributed by atoms with Crippen LogP contribution in [0.3, 0.4) is 0 Å². The van der Waals surface area contributed by atoms with Crippen molar-refractivity contribution in [2.75, 3.05) is 0 Å². The van der Waals surface area contributed by atoms with Gasteiger partial charge < -0.3 is 5.11 Å². The molecule has 1 N–H and O–H groups in total. The molecule has 0 unspecified atom stereocenters. The molecule has 0 saturated heterocycles. The number of halogens is 1. The van der Waals surface area contributed by atoms with Crippen LogP contribution in [-0.4, -0.2) is 16.0 Å². The quantitative estimate of drug-likeness (QED) is 0.618. The van der Waals surface area contributed by atoms with Crippen LogP contribution < -0.4 is 0 Å². The molecule has 2 atom stereocenters. The van der Waals surface area contributed by atoms with Gasteiger partial charge in [-0.1, -0.05) is 22.9 Å². The molecule has 0 aromatic rings. The fraction of sp³-hybridized carbons (Fsp3) is 1.00. The van der Waals surface area contributed by atoms with Gasteiger partial charge in [0.15, 0.2) is 0 Å². The first kappa shape index (κ1) is 7.44. The Morgan fingerprint density at radius 3 is 2.14 bits per heavy atom. The zero-order valence-electron chi connectivity index (χ0n) is 4.69. The number of hydrogen-bond acceptors (Lipinski definition) is 1. The topological polar surface area (TPSA) is 20.2 Å². The molecule has 7 heavy (non-hydrogen) atoms. The van der Waals surface area contributed by atoms with E-state index in [-0.39, 0.29) is 10.9 Å². The highest BCUT2D eigenvalue weighted by Crippen LogP contribution is 2.07. The van der Waals surface area contributed by atoms with Crippen molar-refractivity contribution >= 4 is 15.9 Å². The lowest BCUT2D eigenvalue weighted by Gasteiger charge is -2.07. The molecule has 0 rings (SSSR count). The Kier molecular flexibility index (Phi) is 3.66. The Hall–Kier alpha value is 0.440. The summed E-state index contributed by atoms with van der Waals surface area (Å²) in [6.07, 6.45) is 0.766. The third-order valence-electron chi connectivity index (χ3n) is 0.913. The molecular weight excluding hydrogens is 156 g/mol. The summed E-state index contributed by atoms with van der Waals surface area (Å²) in [6.45, 7) is 3.81. The number of aliphatic hydroxyl groups is 1. The third kappa shape index (κ3) is 3.06. The van der Waals surface area contributed by atoms with Crippen LogP contribution in [0.25, 0.3) is 0 Å². The molecule has 0 aliphatic carbocycles.